The maximum Gasteiger partial charge on any atom is 0.214 e. The van der Waals surface area contributed by atoms with Gasteiger partial charge in [-0.2, -0.15) is 0 Å². The van der Waals surface area contributed by atoms with E-state index < -0.39 is 16.1 Å². The fourth-order valence-electron chi connectivity index (χ4n) is 2.86. The highest BCUT2D eigenvalue weighted by Gasteiger charge is 2.31. The summed E-state index contributed by atoms with van der Waals surface area (Å²) in [5.41, 5.74) is 0.689. The van der Waals surface area contributed by atoms with Crippen LogP contribution in [-0.4, -0.2) is 36.7 Å². The lowest BCUT2D eigenvalue weighted by Gasteiger charge is -2.33. The summed E-state index contributed by atoms with van der Waals surface area (Å²) in [5, 5.41) is 10.4. The average molecular weight is 329 g/mol. The number of halogens is 1. The van der Waals surface area contributed by atoms with Gasteiger partial charge < -0.3 is 5.11 Å². The van der Waals surface area contributed by atoms with Crippen LogP contribution in [0, 0.1) is 11.7 Å². The maximum atomic E-state index is 12.9. The molecule has 0 unspecified atom stereocenters. The number of aliphatic hydroxyl groups excluding tert-OH is 1. The molecule has 1 aliphatic heterocycles. The SMILES string of the molecule is CCCCS(=O)(=O)N1CCC([C@@H](O)c2ccc(F)cc2)CC1. The topological polar surface area (TPSA) is 57.6 Å². The molecule has 1 aliphatic rings. The van der Waals surface area contributed by atoms with Gasteiger partial charge in [-0.25, -0.2) is 17.1 Å². The van der Waals surface area contributed by atoms with Gasteiger partial charge in [-0.1, -0.05) is 25.5 Å². The average Bonchev–Trinajstić information content (AvgIpc) is 2.53. The molecule has 1 aromatic carbocycles. The molecule has 1 heterocycles. The van der Waals surface area contributed by atoms with Crippen molar-refractivity contribution < 1.29 is 17.9 Å². The molecule has 22 heavy (non-hydrogen) atoms. The van der Waals surface area contributed by atoms with Gasteiger partial charge >= 0.3 is 0 Å². The van der Waals surface area contributed by atoms with Gasteiger partial charge in [0.1, 0.15) is 5.82 Å². The Kier molecular flexibility index (Phi) is 5.94. The van der Waals surface area contributed by atoms with Crippen LogP contribution in [0.1, 0.15) is 44.3 Å². The fourth-order valence-corrected chi connectivity index (χ4v) is 4.54. The van der Waals surface area contributed by atoms with Crippen LogP contribution in [0.3, 0.4) is 0 Å². The third kappa shape index (κ3) is 4.27. The number of aliphatic hydroxyl groups is 1. The molecule has 1 atom stereocenters. The predicted molar refractivity (Wildman–Crippen MR) is 84.4 cm³/mol. The van der Waals surface area contributed by atoms with Gasteiger partial charge in [-0.15, -0.1) is 0 Å². The summed E-state index contributed by atoms with van der Waals surface area (Å²) < 4.78 is 38.8. The molecular formula is C16H24FNO3S. The minimum absolute atomic E-state index is 0.0167. The van der Waals surface area contributed by atoms with E-state index in [0.29, 0.717) is 37.9 Å². The first-order valence-electron chi connectivity index (χ1n) is 7.85. The van der Waals surface area contributed by atoms with Crippen LogP contribution in [-0.2, 0) is 10.0 Å². The molecule has 0 saturated carbocycles. The Morgan fingerprint density at radius 1 is 1.27 bits per heavy atom. The van der Waals surface area contributed by atoms with E-state index in [4.69, 9.17) is 0 Å². The number of hydrogen-bond donors (Lipinski definition) is 1. The quantitative estimate of drug-likeness (QED) is 0.873. The molecule has 1 fully saturated rings. The van der Waals surface area contributed by atoms with Crippen molar-refractivity contribution in [2.24, 2.45) is 5.92 Å². The highest BCUT2D eigenvalue weighted by Crippen LogP contribution is 2.31. The molecule has 0 bridgehead atoms. The zero-order valence-corrected chi connectivity index (χ0v) is 13.7. The lowest BCUT2D eigenvalue weighted by atomic mass is 9.88. The predicted octanol–water partition coefficient (Wildman–Crippen LogP) is 2.70. The lowest BCUT2D eigenvalue weighted by Crippen LogP contribution is -2.40. The summed E-state index contributed by atoms with van der Waals surface area (Å²) in [7, 11) is -3.16. The van der Waals surface area contributed by atoms with Gasteiger partial charge in [0.2, 0.25) is 10.0 Å². The van der Waals surface area contributed by atoms with Gasteiger partial charge in [-0.3, -0.25) is 0 Å². The van der Waals surface area contributed by atoms with Gasteiger partial charge in [-0.05, 0) is 42.9 Å². The molecule has 1 aromatic rings. The highest BCUT2D eigenvalue weighted by molar-refractivity contribution is 7.89. The molecule has 0 aromatic heterocycles. The second-order valence-electron chi connectivity index (χ2n) is 5.90. The normalized spacial score (nSPS) is 19.2. The van der Waals surface area contributed by atoms with E-state index >= 15 is 0 Å². The maximum absolute atomic E-state index is 12.9. The molecule has 0 radical (unpaired) electrons. The number of rotatable bonds is 6. The summed E-state index contributed by atoms with van der Waals surface area (Å²) in [5.74, 6) is -0.106. The molecule has 1 N–H and O–H groups in total. The second kappa shape index (κ2) is 7.53. The molecule has 124 valence electrons. The molecule has 0 spiro atoms. The number of hydrogen-bond acceptors (Lipinski definition) is 3. The summed E-state index contributed by atoms with van der Waals surface area (Å²) in [6, 6.07) is 5.85. The second-order valence-corrected chi connectivity index (χ2v) is 7.99. The molecule has 0 amide bonds. The molecule has 2 rings (SSSR count). The number of nitrogens with zero attached hydrogens (tertiary/aromatic N) is 1. The van der Waals surface area contributed by atoms with Gasteiger partial charge in [0, 0.05) is 13.1 Å². The van der Waals surface area contributed by atoms with Crippen LogP contribution in [0.4, 0.5) is 4.39 Å². The van der Waals surface area contributed by atoms with E-state index in [1.54, 1.807) is 12.1 Å². The molecule has 1 saturated heterocycles. The Morgan fingerprint density at radius 2 is 1.86 bits per heavy atom. The van der Waals surface area contributed by atoms with Crippen molar-refractivity contribution in [3.63, 3.8) is 0 Å². The van der Waals surface area contributed by atoms with E-state index in [2.05, 4.69) is 0 Å². The minimum Gasteiger partial charge on any atom is -0.388 e. The molecule has 6 heteroatoms. The number of unbranched alkanes of at least 4 members (excludes halogenated alkanes) is 1. The highest BCUT2D eigenvalue weighted by atomic mass is 32.2. The molecule has 0 aliphatic carbocycles. The lowest BCUT2D eigenvalue weighted by molar-refractivity contribution is 0.0760. The Morgan fingerprint density at radius 3 is 2.41 bits per heavy atom. The van der Waals surface area contributed by atoms with E-state index in [9.17, 15) is 17.9 Å². The Hall–Kier alpha value is -0.980. The minimum atomic E-state index is -3.16. The van der Waals surface area contributed by atoms with Crippen molar-refractivity contribution in [2.75, 3.05) is 18.8 Å². The standard InChI is InChI=1S/C16H24FNO3S/c1-2-3-12-22(20,21)18-10-8-14(9-11-18)16(19)13-4-6-15(17)7-5-13/h4-7,14,16,19H,2-3,8-12H2,1H3/t16-/m0/s1. The Balaban J connectivity index is 1.93. The Labute approximate surface area is 132 Å². The first-order chi connectivity index (χ1) is 10.4. The van der Waals surface area contributed by atoms with Crippen LogP contribution < -0.4 is 0 Å². The van der Waals surface area contributed by atoms with Crippen molar-refractivity contribution in [1.29, 1.82) is 0 Å². The third-order valence-electron chi connectivity index (χ3n) is 4.31. The first kappa shape index (κ1) is 17.4. The summed E-state index contributed by atoms with van der Waals surface area (Å²) in [4.78, 5) is 0. The van der Waals surface area contributed by atoms with Crippen molar-refractivity contribution >= 4 is 10.0 Å². The summed E-state index contributed by atoms with van der Waals surface area (Å²) >= 11 is 0. The molecule has 4 nitrogen and oxygen atoms in total. The molecular weight excluding hydrogens is 305 g/mol. The Bertz CT molecular complexity index is 566. The van der Waals surface area contributed by atoms with E-state index in [1.807, 2.05) is 6.92 Å². The monoisotopic (exact) mass is 329 g/mol. The van der Waals surface area contributed by atoms with Crippen molar-refractivity contribution in [3.05, 3.63) is 35.6 Å². The van der Waals surface area contributed by atoms with E-state index in [-0.39, 0.29) is 17.5 Å². The van der Waals surface area contributed by atoms with E-state index in [1.165, 1.54) is 16.4 Å². The van der Waals surface area contributed by atoms with Gasteiger partial charge in [0.15, 0.2) is 0 Å². The van der Waals surface area contributed by atoms with Crippen molar-refractivity contribution in [3.8, 4) is 0 Å². The van der Waals surface area contributed by atoms with Crippen LogP contribution in [0.5, 0.6) is 0 Å². The van der Waals surface area contributed by atoms with Crippen LogP contribution in [0.25, 0.3) is 0 Å². The summed E-state index contributed by atoms with van der Waals surface area (Å²) in [6.07, 6.45) is 2.13. The van der Waals surface area contributed by atoms with Gasteiger partial charge in [0.05, 0.1) is 11.9 Å². The van der Waals surface area contributed by atoms with Crippen LogP contribution in [0.15, 0.2) is 24.3 Å². The van der Waals surface area contributed by atoms with Crippen LogP contribution in [0.2, 0.25) is 0 Å². The summed E-state index contributed by atoms with van der Waals surface area (Å²) in [6.45, 7) is 2.88. The first-order valence-corrected chi connectivity index (χ1v) is 9.46. The number of sulfonamides is 1. The third-order valence-corrected chi connectivity index (χ3v) is 6.26. The smallest absolute Gasteiger partial charge is 0.214 e. The fraction of sp³-hybridized carbons (Fsp3) is 0.625. The van der Waals surface area contributed by atoms with Crippen molar-refractivity contribution in [2.45, 2.75) is 38.7 Å². The van der Waals surface area contributed by atoms with E-state index in [0.717, 1.165) is 6.42 Å². The largest absolute Gasteiger partial charge is 0.388 e. The zero-order chi connectivity index (χ0) is 16.2. The van der Waals surface area contributed by atoms with Crippen LogP contribution >= 0.6 is 0 Å². The van der Waals surface area contributed by atoms with Gasteiger partial charge in [0.25, 0.3) is 0 Å². The van der Waals surface area contributed by atoms with Crippen molar-refractivity contribution in [1.82, 2.24) is 4.31 Å². The number of piperidine rings is 1. The number of benzene rings is 1. The zero-order valence-electron chi connectivity index (χ0n) is 12.9.